The fourth-order valence-corrected chi connectivity index (χ4v) is 4.04. The summed E-state index contributed by atoms with van der Waals surface area (Å²) in [6.07, 6.45) is 14.0. The third-order valence-corrected chi connectivity index (χ3v) is 5.51. The molecule has 3 heteroatoms. The van der Waals surface area contributed by atoms with Crippen LogP contribution >= 0.6 is 0 Å². The van der Waals surface area contributed by atoms with E-state index in [1.807, 2.05) is 0 Å². The first-order valence-corrected chi connectivity index (χ1v) is 9.26. The Morgan fingerprint density at radius 2 is 1.64 bits per heavy atom. The molecule has 1 aliphatic heterocycles. The highest BCUT2D eigenvalue weighted by Crippen LogP contribution is 2.30. The van der Waals surface area contributed by atoms with Gasteiger partial charge in [0.15, 0.2) is 0 Å². The minimum absolute atomic E-state index is 0.423. The second-order valence-electron chi connectivity index (χ2n) is 7.61. The minimum Gasteiger partial charge on any atom is -0.303 e. The maximum Gasteiger partial charge on any atom is 0.130 e. The van der Waals surface area contributed by atoms with Crippen LogP contribution in [0.2, 0.25) is 0 Å². The molecule has 0 atom stereocenters. The first kappa shape index (κ1) is 15.9. The van der Waals surface area contributed by atoms with Gasteiger partial charge in [-0.15, -0.1) is 0 Å². The molecule has 1 aromatic heterocycles. The molecule has 0 aromatic carbocycles. The van der Waals surface area contributed by atoms with Gasteiger partial charge in [-0.3, -0.25) is 0 Å². The Labute approximate surface area is 135 Å². The van der Waals surface area contributed by atoms with Gasteiger partial charge in [-0.05, 0) is 56.2 Å². The van der Waals surface area contributed by atoms with Crippen LogP contribution in [0.5, 0.6) is 0 Å². The van der Waals surface area contributed by atoms with Gasteiger partial charge in [0.2, 0.25) is 0 Å². The van der Waals surface area contributed by atoms with Gasteiger partial charge in [0, 0.05) is 24.9 Å². The van der Waals surface area contributed by atoms with Crippen LogP contribution in [0, 0.1) is 5.92 Å². The molecule has 0 spiro atoms. The highest BCUT2D eigenvalue weighted by molar-refractivity contribution is 5.13. The predicted molar refractivity (Wildman–Crippen MR) is 91.1 cm³/mol. The van der Waals surface area contributed by atoms with Crippen LogP contribution in [0.1, 0.15) is 82.0 Å². The van der Waals surface area contributed by atoms with E-state index in [4.69, 9.17) is 0 Å². The van der Waals surface area contributed by atoms with Crippen molar-refractivity contribution in [3.05, 3.63) is 23.8 Å². The topological polar surface area (TPSA) is 29.0 Å². The van der Waals surface area contributed by atoms with Crippen molar-refractivity contribution >= 4 is 0 Å². The lowest BCUT2D eigenvalue weighted by Gasteiger charge is -2.35. The molecule has 122 valence electrons. The summed E-state index contributed by atoms with van der Waals surface area (Å²) in [5.74, 6) is 3.03. The maximum atomic E-state index is 4.54. The highest BCUT2D eigenvalue weighted by Gasteiger charge is 2.24. The summed E-state index contributed by atoms with van der Waals surface area (Å²) in [7, 11) is 0. The van der Waals surface area contributed by atoms with Crippen molar-refractivity contribution < 1.29 is 0 Å². The fourth-order valence-electron chi connectivity index (χ4n) is 4.04. The molecule has 0 amide bonds. The van der Waals surface area contributed by atoms with Gasteiger partial charge >= 0.3 is 0 Å². The molecular weight excluding hydrogens is 270 g/mol. The Balaban J connectivity index is 1.48. The first-order valence-electron chi connectivity index (χ1n) is 9.26. The second-order valence-corrected chi connectivity index (χ2v) is 7.61. The third kappa shape index (κ3) is 4.07. The van der Waals surface area contributed by atoms with Crippen molar-refractivity contribution in [1.82, 2.24) is 14.9 Å². The molecule has 0 unspecified atom stereocenters. The Morgan fingerprint density at radius 1 is 1.00 bits per heavy atom. The lowest BCUT2D eigenvalue weighted by molar-refractivity contribution is 0.164. The van der Waals surface area contributed by atoms with Gasteiger partial charge in [-0.2, -0.15) is 0 Å². The van der Waals surface area contributed by atoms with E-state index in [9.17, 15) is 0 Å². The number of aromatic nitrogens is 2. The smallest absolute Gasteiger partial charge is 0.130 e. The van der Waals surface area contributed by atoms with Gasteiger partial charge in [-0.1, -0.05) is 33.1 Å². The van der Waals surface area contributed by atoms with Crippen LogP contribution in [-0.4, -0.2) is 34.5 Å². The normalized spacial score (nSPS) is 22.3. The molecule has 2 aliphatic rings. The number of nitrogens with zero attached hydrogens (tertiary/aromatic N) is 3. The van der Waals surface area contributed by atoms with Crippen LogP contribution in [0.4, 0.5) is 0 Å². The van der Waals surface area contributed by atoms with Gasteiger partial charge in [-0.25, -0.2) is 9.97 Å². The summed E-state index contributed by atoms with van der Waals surface area (Å²) < 4.78 is 0. The summed E-state index contributed by atoms with van der Waals surface area (Å²) in [5, 5.41) is 0. The lowest BCUT2D eigenvalue weighted by atomic mass is 9.87. The van der Waals surface area contributed by atoms with Crippen LogP contribution in [0.3, 0.4) is 0 Å². The molecule has 2 heterocycles. The number of piperidine rings is 1. The highest BCUT2D eigenvalue weighted by atomic mass is 15.1. The summed E-state index contributed by atoms with van der Waals surface area (Å²) >= 11 is 0. The number of hydrogen-bond donors (Lipinski definition) is 0. The molecule has 2 fully saturated rings. The van der Waals surface area contributed by atoms with E-state index in [0.29, 0.717) is 11.8 Å². The monoisotopic (exact) mass is 301 g/mol. The van der Waals surface area contributed by atoms with Crippen molar-refractivity contribution in [3.8, 4) is 0 Å². The SMILES string of the molecule is CC(C)c1ncc(C2CCN(CC3CCCCC3)CC2)cn1. The van der Waals surface area contributed by atoms with Crippen LogP contribution in [-0.2, 0) is 0 Å². The summed E-state index contributed by atoms with van der Waals surface area (Å²) in [5.41, 5.74) is 1.35. The molecule has 1 saturated carbocycles. The molecule has 0 bridgehead atoms. The zero-order valence-corrected chi connectivity index (χ0v) is 14.3. The summed E-state index contributed by atoms with van der Waals surface area (Å²) in [4.78, 5) is 11.8. The van der Waals surface area contributed by atoms with E-state index in [-0.39, 0.29) is 0 Å². The predicted octanol–water partition coefficient (Wildman–Crippen LogP) is 4.36. The number of rotatable bonds is 4. The van der Waals surface area contributed by atoms with Gasteiger partial charge in [0.25, 0.3) is 0 Å². The fraction of sp³-hybridized carbons (Fsp3) is 0.789. The Bertz CT molecular complexity index is 440. The average molecular weight is 301 g/mol. The molecule has 1 aliphatic carbocycles. The van der Waals surface area contributed by atoms with E-state index >= 15 is 0 Å². The largest absolute Gasteiger partial charge is 0.303 e. The Hall–Kier alpha value is -0.960. The van der Waals surface area contributed by atoms with Gasteiger partial charge in [0.1, 0.15) is 5.82 Å². The number of likely N-dealkylation sites (tertiary alicyclic amines) is 1. The molecule has 3 rings (SSSR count). The lowest BCUT2D eigenvalue weighted by Crippen LogP contribution is -2.37. The van der Waals surface area contributed by atoms with E-state index in [1.54, 1.807) is 0 Å². The summed E-state index contributed by atoms with van der Waals surface area (Å²) in [6, 6.07) is 0. The summed E-state index contributed by atoms with van der Waals surface area (Å²) in [6.45, 7) is 8.16. The quantitative estimate of drug-likeness (QED) is 0.827. The first-order chi connectivity index (χ1) is 10.7. The van der Waals surface area contributed by atoms with Crippen molar-refractivity contribution in [3.63, 3.8) is 0 Å². The van der Waals surface area contributed by atoms with Gasteiger partial charge < -0.3 is 4.90 Å². The van der Waals surface area contributed by atoms with Crippen LogP contribution in [0.25, 0.3) is 0 Å². The average Bonchev–Trinajstić information content (AvgIpc) is 2.57. The molecular formula is C19H31N3. The molecule has 0 N–H and O–H groups in total. The van der Waals surface area contributed by atoms with Crippen LogP contribution < -0.4 is 0 Å². The van der Waals surface area contributed by atoms with Crippen molar-refractivity contribution in [2.24, 2.45) is 5.92 Å². The minimum atomic E-state index is 0.423. The van der Waals surface area contributed by atoms with Crippen molar-refractivity contribution in [2.75, 3.05) is 19.6 Å². The molecule has 1 aromatic rings. The molecule has 3 nitrogen and oxygen atoms in total. The second kappa shape index (κ2) is 7.54. The zero-order valence-electron chi connectivity index (χ0n) is 14.3. The van der Waals surface area contributed by atoms with Gasteiger partial charge in [0.05, 0.1) is 0 Å². The van der Waals surface area contributed by atoms with Crippen molar-refractivity contribution in [2.45, 2.75) is 70.6 Å². The molecule has 0 radical (unpaired) electrons. The Kier molecular flexibility index (Phi) is 5.46. The molecule has 22 heavy (non-hydrogen) atoms. The number of hydrogen-bond acceptors (Lipinski definition) is 3. The standard InChI is InChI=1S/C19H31N3/c1-15(2)19-20-12-18(13-21-19)17-8-10-22(11-9-17)14-16-6-4-3-5-7-16/h12-13,15-17H,3-11,14H2,1-2H3. The third-order valence-electron chi connectivity index (χ3n) is 5.51. The Morgan fingerprint density at radius 3 is 2.23 bits per heavy atom. The maximum absolute atomic E-state index is 4.54. The van der Waals surface area contributed by atoms with E-state index in [0.717, 1.165) is 11.7 Å². The van der Waals surface area contributed by atoms with E-state index in [1.165, 1.54) is 70.1 Å². The van der Waals surface area contributed by atoms with E-state index < -0.39 is 0 Å². The van der Waals surface area contributed by atoms with Crippen LogP contribution in [0.15, 0.2) is 12.4 Å². The van der Waals surface area contributed by atoms with Crippen molar-refractivity contribution in [1.29, 1.82) is 0 Å². The van der Waals surface area contributed by atoms with E-state index in [2.05, 4.69) is 41.1 Å². The molecule has 1 saturated heterocycles. The zero-order chi connectivity index (χ0) is 15.4.